The molecule has 0 saturated heterocycles. The van der Waals surface area contributed by atoms with Gasteiger partial charge in [-0.15, -0.1) is 11.3 Å². The molecule has 7 heteroatoms. The van der Waals surface area contributed by atoms with E-state index in [4.69, 9.17) is 9.15 Å². The van der Waals surface area contributed by atoms with Gasteiger partial charge in [-0.05, 0) is 38.0 Å². The summed E-state index contributed by atoms with van der Waals surface area (Å²) < 4.78 is 10.6. The number of hydrogen-bond acceptors (Lipinski definition) is 6. The zero-order valence-corrected chi connectivity index (χ0v) is 15.7. The third kappa shape index (κ3) is 3.77. The minimum Gasteiger partial charge on any atom is -0.466 e. The Kier molecular flexibility index (Phi) is 5.37. The Morgan fingerprint density at radius 3 is 2.85 bits per heavy atom. The fourth-order valence-electron chi connectivity index (χ4n) is 2.66. The number of nitrogens with zero attached hydrogens (tertiary/aromatic N) is 1. The molecule has 0 saturated carbocycles. The van der Waals surface area contributed by atoms with E-state index in [-0.39, 0.29) is 24.1 Å². The molecule has 0 unspecified atom stereocenters. The van der Waals surface area contributed by atoms with Gasteiger partial charge in [0.1, 0.15) is 5.58 Å². The second-order valence-corrected chi connectivity index (χ2v) is 6.68. The predicted molar refractivity (Wildman–Crippen MR) is 101 cm³/mol. The summed E-state index contributed by atoms with van der Waals surface area (Å²) in [7, 11) is 0. The van der Waals surface area contributed by atoms with E-state index in [0.29, 0.717) is 23.0 Å². The number of amides is 1. The summed E-state index contributed by atoms with van der Waals surface area (Å²) in [5, 5.41) is 5.83. The number of aromatic nitrogens is 1. The maximum absolute atomic E-state index is 12.6. The van der Waals surface area contributed by atoms with Crippen molar-refractivity contribution in [2.75, 3.05) is 11.9 Å². The van der Waals surface area contributed by atoms with Gasteiger partial charge in [-0.2, -0.15) is 0 Å². The monoisotopic (exact) mass is 372 g/mol. The molecule has 1 N–H and O–H groups in total. The third-order valence-electron chi connectivity index (χ3n) is 4.02. The zero-order chi connectivity index (χ0) is 18.7. The number of carbonyl (C=O) groups excluding carboxylic acids is 2. The van der Waals surface area contributed by atoms with Crippen molar-refractivity contribution in [2.45, 2.75) is 33.6 Å². The van der Waals surface area contributed by atoms with Gasteiger partial charge in [0.25, 0.3) is 5.91 Å². The van der Waals surface area contributed by atoms with Crippen molar-refractivity contribution in [1.82, 2.24) is 4.98 Å². The average Bonchev–Trinajstić information content (AvgIpc) is 3.19. The Morgan fingerprint density at radius 1 is 1.31 bits per heavy atom. The number of hydrogen-bond donors (Lipinski definition) is 1. The van der Waals surface area contributed by atoms with Crippen LogP contribution in [0.2, 0.25) is 0 Å². The fourth-order valence-corrected chi connectivity index (χ4v) is 3.37. The van der Waals surface area contributed by atoms with E-state index in [1.165, 1.54) is 16.9 Å². The van der Waals surface area contributed by atoms with Crippen molar-refractivity contribution in [3.8, 4) is 0 Å². The standard InChI is InChI=1S/C19H20N2O4S/c1-4-12-6-7-15-14(8-12)11(3)17(25-15)18(23)21-19-20-13(10-26-19)9-16(22)24-5-2/h6-8,10H,4-5,9H2,1-3H3,(H,20,21,23). The molecule has 6 nitrogen and oxygen atoms in total. The number of esters is 1. The van der Waals surface area contributed by atoms with Crippen molar-refractivity contribution in [3.63, 3.8) is 0 Å². The van der Waals surface area contributed by atoms with Crippen LogP contribution in [0.1, 0.15) is 41.2 Å². The Bertz CT molecular complexity index is 958. The van der Waals surface area contributed by atoms with Crippen LogP contribution >= 0.6 is 11.3 Å². The maximum Gasteiger partial charge on any atom is 0.311 e. The molecule has 0 aliphatic carbocycles. The van der Waals surface area contributed by atoms with Gasteiger partial charge in [0.2, 0.25) is 0 Å². The summed E-state index contributed by atoms with van der Waals surface area (Å²) in [6, 6.07) is 5.93. The minimum absolute atomic E-state index is 0.0870. The SMILES string of the molecule is CCOC(=O)Cc1csc(NC(=O)c2oc3ccc(CC)cc3c2C)n1. The summed E-state index contributed by atoms with van der Waals surface area (Å²) in [6.07, 6.45) is 1.01. The highest BCUT2D eigenvalue weighted by Crippen LogP contribution is 2.27. The number of aryl methyl sites for hydroxylation is 2. The quantitative estimate of drug-likeness (QED) is 0.658. The molecule has 0 spiro atoms. The van der Waals surface area contributed by atoms with E-state index in [1.54, 1.807) is 12.3 Å². The van der Waals surface area contributed by atoms with Crippen molar-refractivity contribution < 1.29 is 18.7 Å². The van der Waals surface area contributed by atoms with E-state index in [2.05, 4.69) is 17.2 Å². The molecule has 0 fully saturated rings. The number of ether oxygens (including phenoxy) is 1. The van der Waals surface area contributed by atoms with Crippen molar-refractivity contribution >= 4 is 39.3 Å². The Hall–Kier alpha value is -2.67. The highest BCUT2D eigenvalue weighted by molar-refractivity contribution is 7.14. The lowest BCUT2D eigenvalue weighted by molar-refractivity contribution is -0.142. The summed E-state index contributed by atoms with van der Waals surface area (Å²) in [6.45, 7) is 6.04. The molecular formula is C19H20N2O4S. The van der Waals surface area contributed by atoms with Gasteiger partial charge in [0.15, 0.2) is 10.9 Å². The summed E-state index contributed by atoms with van der Waals surface area (Å²) in [5.74, 6) is -0.417. The van der Waals surface area contributed by atoms with Crippen LogP contribution in [-0.2, 0) is 22.4 Å². The molecule has 0 radical (unpaired) electrons. The van der Waals surface area contributed by atoms with Crippen LogP contribution in [0.3, 0.4) is 0 Å². The first-order chi connectivity index (χ1) is 12.5. The number of furan rings is 1. The van der Waals surface area contributed by atoms with Crippen molar-refractivity contribution in [1.29, 1.82) is 0 Å². The van der Waals surface area contributed by atoms with Gasteiger partial charge in [-0.3, -0.25) is 14.9 Å². The van der Waals surface area contributed by atoms with Crippen molar-refractivity contribution in [2.24, 2.45) is 0 Å². The fraction of sp³-hybridized carbons (Fsp3) is 0.316. The summed E-state index contributed by atoms with van der Waals surface area (Å²) in [5.41, 5.74) is 3.25. The molecule has 2 heterocycles. The smallest absolute Gasteiger partial charge is 0.311 e. The number of thiazole rings is 1. The van der Waals surface area contributed by atoms with Gasteiger partial charge < -0.3 is 9.15 Å². The molecule has 0 aliphatic heterocycles. The summed E-state index contributed by atoms with van der Waals surface area (Å²) >= 11 is 1.26. The molecule has 1 aromatic carbocycles. The molecule has 0 aliphatic rings. The lowest BCUT2D eigenvalue weighted by Gasteiger charge is -2.00. The molecule has 2 aromatic heterocycles. The highest BCUT2D eigenvalue weighted by atomic mass is 32.1. The lowest BCUT2D eigenvalue weighted by atomic mass is 10.1. The number of benzene rings is 1. The van der Waals surface area contributed by atoms with E-state index in [1.807, 2.05) is 25.1 Å². The van der Waals surface area contributed by atoms with E-state index in [0.717, 1.165) is 17.4 Å². The molecular weight excluding hydrogens is 352 g/mol. The van der Waals surface area contributed by atoms with Gasteiger partial charge in [0, 0.05) is 16.3 Å². The molecule has 0 atom stereocenters. The third-order valence-corrected chi connectivity index (χ3v) is 4.82. The Morgan fingerprint density at radius 2 is 2.12 bits per heavy atom. The number of fused-ring (bicyclic) bond motifs is 1. The second-order valence-electron chi connectivity index (χ2n) is 5.82. The molecule has 0 bridgehead atoms. The lowest BCUT2D eigenvalue weighted by Crippen LogP contribution is -2.12. The summed E-state index contributed by atoms with van der Waals surface area (Å²) in [4.78, 5) is 28.3. The average molecular weight is 372 g/mol. The van der Waals surface area contributed by atoms with Crippen molar-refractivity contribution in [3.05, 3.63) is 46.2 Å². The van der Waals surface area contributed by atoms with Gasteiger partial charge >= 0.3 is 5.97 Å². The molecule has 3 aromatic rings. The van der Waals surface area contributed by atoms with Crippen LogP contribution in [0.25, 0.3) is 11.0 Å². The first-order valence-electron chi connectivity index (χ1n) is 8.45. The van der Waals surface area contributed by atoms with Gasteiger partial charge in [-0.25, -0.2) is 4.98 Å². The second kappa shape index (κ2) is 7.70. The number of anilines is 1. The van der Waals surface area contributed by atoms with Gasteiger partial charge in [0.05, 0.1) is 18.7 Å². The van der Waals surface area contributed by atoms with E-state index in [9.17, 15) is 9.59 Å². The maximum atomic E-state index is 12.6. The number of carbonyl (C=O) groups is 2. The predicted octanol–water partition coefficient (Wildman–Crippen LogP) is 4.12. The van der Waals surface area contributed by atoms with Crippen LogP contribution in [0.5, 0.6) is 0 Å². The molecule has 26 heavy (non-hydrogen) atoms. The minimum atomic E-state index is -0.353. The molecule has 136 valence electrons. The van der Waals surface area contributed by atoms with Crippen LogP contribution in [0.4, 0.5) is 5.13 Å². The van der Waals surface area contributed by atoms with E-state index < -0.39 is 0 Å². The normalized spacial score (nSPS) is 10.9. The number of nitrogens with one attached hydrogen (secondary N) is 1. The van der Waals surface area contributed by atoms with E-state index >= 15 is 0 Å². The Balaban J connectivity index is 1.76. The first-order valence-corrected chi connectivity index (χ1v) is 9.33. The van der Waals surface area contributed by atoms with Crippen LogP contribution in [0.15, 0.2) is 28.0 Å². The molecule has 1 amide bonds. The Labute approximate surface area is 155 Å². The number of rotatable bonds is 6. The van der Waals surface area contributed by atoms with Crippen LogP contribution in [-0.4, -0.2) is 23.5 Å². The largest absolute Gasteiger partial charge is 0.466 e. The first kappa shape index (κ1) is 18.1. The van der Waals surface area contributed by atoms with Crippen LogP contribution in [0, 0.1) is 6.92 Å². The van der Waals surface area contributed by atoms with Gasteiger partial charge in [-0.1, -0.05) is 13.0 Å². The zero-order valence-electron chi connectivity index (χ0n) is 14.9. The van der Waals surface area contributed by atoms with Crippen LogP contribution < -0.4 is 5.32 Å². The highest BCUT2D eigenvalue weighted by Gasteiger charge is 2.19. The molecule has 3 rings (SSSR count). The topological polar surface area (TPSA) is 81.4 Å².